The SMILES string of the molecule is C=C(CNC1CC1)CSc1ncnn1C. The molecule has 1 heterocycles. The van der Waals surface area contributed by atoms with Crippen molar-refractivity contribution >= 4 is 11.8 Å². The summed E-state index contributed by atoms with van der Waals surface area (Å²) in [4.78, 5) is 4.15. The molecule has 1 aliphatic rings. The van der Waals surface area contributed by atoms with Crippen molar-refractivity contribution in [1.29, 1.82) is 0 Å². The third-order valence-corrected chi connectivity index (χ3v) is 3.47. The number of hydrogen-bond donors (Lipinski definition) is 1. The summed E-state index contributed by atoms with van der Waals surface area (Å²) in [5.41, 5.74) is 1.22. The molecule has 0 aliphatic heterocycles. The summed E-state index contributed by atoms with van der Waals surface area (Å²) in [7, 11) is 1.90. The van der Waals surface area contributed by atoms with E-state index in [2.05, 4.69) is 22.0 Å². The van der Waals surface area contributed by atoms with Crippen molar-refractivity contribution in [2.45, 2.75) is 24.0 Å². The van der Waals surface area contributed by atoms with E-state index >= 15 is 0 Å². The monoisotopic (exact) mass is 224 g/mol. The van der Waals surface area contributed by atoms with Crippen molar-refractivity contribution in [3.63, 3.8) is 0 Å². The number of rotatable bonds is 6. The predicted molar refractivity (Wildman–Crippen MR) is 61.9 cm³/mol. The van der Waals surface area contributed by atoms with Gasteiger partial charge in [-0.3, -0.25) is 0 Å². The summed E-state index contributed by atoms with van der Waals surface area (Å²) in [6.07, 6.45) is 4.22. The van der Waals surface area contributed by atoms with Gasteiger partial charge in [0.25, 0.3) is 0 Å². The Labute approximate surface area is 94.2 Å². The van der Waals surface area contributed by atoms with Crippen LogP contribution in [0.15, 0.2) is 23.6 Å². The maximum Gasteiger partial charge on any atom is 0.186 e. The molecule has 82 valence electrons. The lowest BCUT2D eigenvalue weighted by molar-refractivity contribution is 0.685. The molecule has 0 radical (unpaired) electrons. The Kier molecular flexibility index (Phi) is 3.43. The molecule has 0 amide bonds. The molecule has 1 aromatic rings. The van der Waals surface area contributed by atoms with Crippen LogP contribution in [0.5, 0.6) is 0 Å². The first-order valence-electron chi connectivity index (χ1n) is 5.12. The molecule has 1 aliphatic carbocycles. The zero-order chi connectivity index (χ0) is 10.7. The quantitative estimate of drug-likeness (QED) is 0.583. The predicted octanol–water partition coefficient (Wildman–Crippen LogP) is 1.22. The number of thioether (sulfide) groups is 1. The Bertz CT molecular complexity index is 343. The molecule has 1 N–H and O–H groups in total. The fourth-order valence-electron chi connectivity index (χ4n) is 1.21. The van der Waals surface area contributed by atoms with E-state index < -0.39 is 0 Å². The van der Waals surface area contributed by atoms with Gasteiger partial charge in [-0.15, -0.1) is 0 Å². The van der Waals surface area contributed by atoms with Crippen LogP contribution >= 0.6 is 11.8 Å². The minimum atomic E-state index is 0.751. The Morgan fingerprint density at radius 2 is 2.53 bits per heavy atom. The second-order valence-corrected chi connectivity index (χ2v) is 4.80. The molecule has 4 nitrogen and oxygen atoms in total. The molecular weight excluding hydrogens is 208 g/mol. The molecule has 1 fully saturated rings. The van der Waals surface area contributed by atoms with E-state index in [1.807, 2.05) is 7.05 Å². The average molecular weight is 224 g/mol. The number of nitrogens with one attached hydrogen (secondary N) is 1. The fraction of sp³-hybridized carbons (Fsp3) is 0.600. The Morgan fingerprint density at radius 3 is 3.13 bits per heavy atom. The third kappa shape index (κ3) is 3.35. The molecule has 0 spiro atoms. The molecule has 2 rings (SSSR count). The van der Waals surface area contributed by atoms with Crippen molar-refractivity contribution < 1.29 is 0 Å². The maximum absolute atomic E-state index is 4.15. The summed E-state index contributed by atoms with van der Waals surface area (Å²) >= 11 is 1.68. The van der Waals surface area contributed by atoms with Crippen LogP contribution in [0.2, 0.25) is 0 Å². The highest BCUT2D eigenvalue weighted by Gasteiger charge is 2.20. The van der Waals surface area contributed by atoms with Crippen LogP contribution in [0.3, 0.4) is 0 Å². The molecular formula is C10H16N4S. The number of nitrogens with zero attached hydrogens (tertiary/aromatic N) is 3. The Hall–Kier alpha value is -0.810. The fourth-order valence-corrected chi connectivity index (χ4v) is 2.00. The number of aryl methyl sites for hydroxylation is 1. The molecule has 0 aromatic carbocycles. The third-order valence-electron chi connectivity index (χ3n) is 2.29. The van der Waals surface area contributed by atoms with E-state index in [1.165, 1.54) is 18.4 Å². The minimum absolute atomic E-state index is 0.751. The second kappa shape index (κ2) is 4.81. The molecule has 1 saturated carbocycles. The van der Waals surface area contributed by atoms with Crippen LogP contribution < -0.4 is 5.32 Å². The average Bonchev–Trinajstić information content (AvgIpc) is 2.96. The standard InChI is InChI=1S/C10H16N4S/c1-8(5-11-9-3-4-9)6-15-10-12-7-13-14(10)2/h7,9,11H,1,3-6H2,2H3. The van der Waals surface area contributed by atoms with Crippen LogP contribution in [0.1, 0.15) is 12.8 Å². The lowest BCUT2D eigenvalue weighted by atomic mass is 10.3. The summed E-state index contributed by atoms with van der Waals surface area (Å²) in [6, 6.07) is 0.751. The van der Waals surface area contributed by atoms with Crippen molar-refractivity contribution in [2.75, 3.05) is 12.3 Å². The van der Waals surface area contributed by atoms with Crippen molar-refractivity contribution in [1.82, 2.24) is 20.1 Å². The maximum atomic E-state index is 4.15. The van der Waals surface area contributed by atoms with E-state index in [-0.39, 0.29) is 0 Å². The zero-order valence-electron chi connectivity index (χ0n) is 8.94. The summed E-state index contributed by atoms with van der Waals surface area (Å²) in [6.45, 7) is 4.97. The molecule has 0 saturated heterocycles. The highest BCUT2D eigenvalue weighted by Crippen LogP contribution is 2.20. The number of hydrogen-bond acceptors (Lipinski definition) is 4. The zero-order valence-corrected chi connectivity index (χ0v) is 9.76. The van der Waals surface area contributed by atoms with Gasteiger partial charge >= 0.3 is 0 Å². The molecule has 1 aromatic heterocycles. The van der Waals surface area contributed by atoms with Gasteiger partial charge in [-0.1, -0.05) is 23.9 Å². The first-order valence-corrected chi connectivity index (χ1v) is 6.11. The van der Waals surface area contributed by atoms with Gasteiger partial charge in [0.15, 0.2) is 5.16 Å². The molecule has 5 heteroatoms. The van der Waals surface area contributed by atoms with Crippen molar-refractivity contribution in [2.24, 2.45) is 7.05 Å². The summed E-state index contributed by atoms with van der Waals surface area (Å²) in [5.74, 6) is 0.909. The van der Waals surface area contributed by atoms with E-state index in [1.54, 1.807) is 22.8 Å². The van der Waals surface area contributed by atoms with Crippen LogP contribution in [0.4, 0.5) is 0 Å². The van der Waals surface area contributed by atoms with Gasteiger partial charge in [0.1, 0.15) is 6.33 Å². The summed E-state index contributed by atoms with van der Waals surface area (Å²) in [5, 5.41) is 8.41. The largest absolute Gasteiger partial charge is 0.310 e. The first-order chi connectivity index (χ1) is 7.25. The van der Waals surface area contributed by atoms with Crippen LogP contribution in [0, 0.1) is 0 Å². The van der Waals surface area contributed by atoms with Gasteiger partial charge in [0.05, 0.1) is 0 Å². The number of aromatic nitrogens is 3. The van der Waals surface area contributed by atoms with Gasteiger partial charge in [0, 0.05) is 25.4 Å². The van der Waals surface area contributed by atoms with Gasteiger partial charge in [-0.05, 0) is 12.8 Å². The highest BCUT2D eigenvalue weighted by atomic mass is 32.2. The molecule has 0 unspecified atom stereocenters. The minimum Gasteiger partial charge on any atom is -0.310 e. The van der Waals surface area contributed by atoms with Crippen molar-refractivity contribution in [3.8, 4) is 0 Å². The normalized spacial score (nSPS) is 15.5. The summed E-state index contributed by atoms with van der Waals surface area (Å²) < 4.78 is 1.78. The van der Waals surface area contributed by atoms with E-state index in [9.17, 15) is 0 Å². The Morgan fingerprint density at radius 1 is 1.73 bits per heavy atom. The van der Waals surface area contributed by atoms with Gasteiger partial charge in [0.2, 0.25) is 0 Å². The highest BCUT2D eigenvalue weighted by molar-refractivity contribution is 7.99. The second-order valence-electron chi connectivity index (χ2n) is 3.86. The lowest BCUT2D eigenvalue weighted by Gasteiger charge is -2.05. The van der Waals surface area contributed by atoms with Crippen LogP contribution in [-0.2, 0) is 7.05 Å². The van der Waals surface area contributed by atoms with Crippen molar-refractivity contribution in [3.05, 3.63) is 18.5 Å². The van der Waals surface area contributed by atoms with Gasteiger partial charge < -0.3 is 5.32 Å². The molecule has 0 bridgehead atoms. The van der Waals surface area contributed by atoms with Crippen LogP contribution in [-0.4, -0.2) is 33.1 Å². The first kappa shape index (κ1) is 10.7. The Balaban J connectivity index is 1.68. The molecule has 0 atom stereocenters. The topological polar surface area (TPSA) is 42.7 Å². The molecule has 15 heavy (non-hydrogen) atoms. The van der Waals surface area contributed by atoms with E-state index in [0.29, 0.717) is 0 Å². The van der Waals surface area contributed by atoms with E-state index in [4.69, 9.17) is 0 Å². The lowest BCUT2D eigenvalue weighted by Crippen LogP contribution is -2.19. The van der Waals surface area contributed by atoms with E-state index in [0.717, 1.165) is 23.5 Å². The van der Waals surface area contributed by atoms with Gasteiger partial charge in [-0.25, -0.2) is 9.67 Å². The van der Waals surface area contributed by atoms with Gasteiger partial charge in [-0.2, -0.15) is 5.10 Å². The smallest absolute Gasteiger partial charge is 0.186 e. The van der Waals surface area contributed by atoms with Crippen LogP contribution in [0.25, 0.3) is 0 Å².